The molecule has 5 nitrogen and oxygen atoms in total. The molecule has 7 heteroatoms. The molecule has 0 radical (unpaired) electrons. The molecule has 0 bridgehead atoms. The summed E-state index contributed by atoms with van der Waals surface area (Å²) in [5.41, 5.74) is 6.75. The number of halogens is 2. The fourth-order valence-corrected chi connectivity index (χ4v) is 3.28. The molecule has 3 rings (SSSR count). The van der Waals surface area contributed by atoms with Crippen molar-refractivity contribution in [1.82, 2.24) is 4.98 Å². The third kappa shape index (κ3) is 2.95. The van der Waals surface area contributed by atoms with Gasteiger partial charge in [0.1, 0.15) is 0 Å². The largest absolute Gasteiger partial charge is 0.440 e. The van der Waals surface area contributed by atoms with Gasteiger partial charge in [0, 0.05) is 33.9 Å². The van der Waals surface area contributed by atoms with Crippen molar-refractivity contribution in [1.29, 1.82) is 0 Å². The molecule has 0 unspecified atom stereocenters. The Labute approximate surface area is 142 Å². The number of hydrogen-bond donors (Lipinski definition) is 1. The lowest BCUT2D eigenvalue weighted by Gasteiger charge is -2.04. The fourth-order valence-electron chi connectivity index (χ4n) is 1.98. The van der Waals surface area contributed by atoms with Gasteiger partial charge in [-0.2, -0.15) is 0 Å². The van der Waals surface area contributed by atoms with Crippen LogP contribution in [-0.4, -0.2) is 10.9 Å². The Balaban J connectivity index is 2.26. The average Bonchev–Trinajstić information content (AvgIpc) is 2.49. The van der Waals surface area contributed by atoms with Crippen LogP contribution in [0, 0.1) is 0 Å². The lowest BCUT2D eigenvalue weighted by Crippen LogP contribution is -2.09. The zero-order valence-corrected chi connectivity index (χ0v) is 14.3. The van der Waals surface area contributed by atoms with E-state index in [1.165, 1.54) is 6.07 Å². The number of fused-ring (bicyclic) bond motifs is 1. The normalized spacial score (nSPS) is 11.8. The molecule has 1 aromatic carbocycles. The first-order valence-electron chi connectivity index (χ1n) is 6.22. The monoisotopic (exact) mass is 421 g/mol. The third-order valence-electron chi connectivity index (χ3n) is 2.93. The molecule has 2 N–H and O–H groups in total. The van der Waals surface area contributed by atoms with Crippen molar-refractivity contribution < 1.29 is 9.21 Å². The molecule has 2 aromatic heterocycles. The molecule has 0 aliphatic heterocycles. The highest BCUT2D eigenvalue weighted by Crippen LogP contribution is 2.27. The summed E-state index contributed by atoms with van der Waals surface area (Å²) in [6.07, 6.45) is 3.09. The summed E-state index contributed by atoms with van der Waals surface area (Å²) in [6.45, 7) is 0. The number of nitrogens with zero attached hydrogens (tertiary/aromatic N) is 2. The second-order valence-corrected chi connectivity index (χ2v) is 6.22. The number of amides is 1. The number of anilines is 1. The van der Waals surface area contributed by atoms with E-state index in [2.05, 4.69) is 41.8 Å². The Bertz CT molecular complexity index is 937. The Morgan fingerprint density at radius 1 is 1.18 bits per heavy atom. The Morgan fingerprint density at radius 3 is 2.64 bits per heavy atom. The maximum Gasteiger partial charge on any atom is 0.277 e. The molecule has 0 saturated carbocycles. The Morgan fingerprint density at radius 2 is 1.91 bits per heavy atom. The van der Waals surface area contributed by atoms with Crippen LogP contribution in [-0.2, 0) is 0 Å². The van der Waals surface area contributed by atoms with Gasteiger partial charge in [0.2, 0.25) is 0 Å². The van der Waals surface area contributed by atoms with Gasteiger partial charge in [-0.15, -0.1) is 0 Å². The van der Waals surface area contributed by atoms with Gasteiger partial charge >= 0.3 is 0 Å². The SMILES string of the molecule is Nc1cc(=NC(=O)c2ccncc2)c2cc(Br)cc(Br)c2o1. The predicted octanol–water partition coefficient (Wildman–Crippen LogP) is 3.68. The van der Waals surface area contributed by atoms with Gasteiger partial charge in [-0.05, 0) is 40.2 Å². The molecular weight excluding hydrogens is 414 g/mol. The molecule has 110 valence electrons. The van der Waals surface area contributed by atoms with Crippen LogP contribution in [0.4, 0.5) is 5.88 Å². The van der Waals surface area contributed by atoms with Crippen LogP contribution in [0.15, 0.2) is 61.1 Å². The lowest BCUT2D eigenvalue weighted by molar-refractivity contribution is 0.0998. The van der Waals surface area contributed by atoms with Gasteiger partial charge in [-0.25, -0.2) is 4.99 Å². The van der Waals surface area contributed by atoms with Crippen LogP contribution >= 0.6 is 31.9 Å². The first-order valence-corrected chi connectivity index (χ1v) is 7.80. The summed E-state index contributed by atoms with van der Waals surface area (Å²) in [4.78, 5) is 20.3. The topological polar surface area (TPSA) is 81.5 Å². The standard InChI is InChI=1S/C15H9Br2N3O2/c16-9-5-10-12(7-13(18)22-14(10)11(17)6-9)20-15(21)8-1-3-19-4-2-8/h1-7H,18H2. The molecule has 0 saturated heterocycles. The minimum Gasteiger partial charge on any atom is -0.440 e. The minimum atomic E-state index is -0.370. The van der Waals surface area contributed by atoms with E-state index < -0.39 is 0 Å². The predicted molar refractivity (Wildman–Crippen MR) is 90.2 cm³/mol. The van der Waals surface area contributed by atoms with Gasteiger partial charge in [-0.3, -0.25) is 9.78 Å². The summed E-state index contributed by atoms with van der Waals surface area (Å²) >= 11 is 6.82. The second-order valence-electron chi connectivity index (χ2n) is 4.45. The van der Waals surface area contributed by atoms with Gasteiger partial charge < -0.3 is 10.2 Å². The van der Waals surface area contributed by atoms with E-state index in [1.54, 1.807) is 24.5 Å². The van der Waals surface area contributed by atoms with Crippen LogP contribution < -0.4 is 11.1 Å². The molecule has 22 heavy (non-hydrogen) atoms. The summed E-state index contributed by atoms with van der Waals surface area (Å²) in [5.74, 6) is -0.192. The average molecular weight is 423 g/mol. The third-order valence-corrected chi connectivity index (χ3v) is 3.98. The number of rotatable bonds is 1. The van der Waals surface area contributed by atoms with Gasteiger partial charge in [0.25, 0.3) is 5.91 Å². The van der Waals surface area contributed by atoms with E-state index in [4.69, 9.17) is 10.2 Å². The Kier molecular flexibility index (Phi) is 4.08. The van der Waals surface area contributed by atoms with Crippen molar-refractivity contribution in [3.8, 4) is 0 Å². The number of nitrogens with two attached hydrogens (primary N) is 1. The van der Waals surface area contributed by atoms with Crippen LogP contribution in [0.2, 0.25) is 0 Å². The number of carbonyl (C=O) groups is 1. The highest BCUT2D eigenvalue weighted by Gasteiger charge is 2.09. The van der Waals surface area contributed by atoms with Gasteiger partial charge in [-0.1, -0.05) is 15.9 Å². The molecule has 0 aliphatic carbocycles. The number of hydrogen-bond acceptors (Lipinski definition) is 4. The smallest absolute Gasteiger partial charge is 0.277 e. The molecule has 1 amide bonds. The van der Waals surface area contributed by atoms with Crippen LogP contribution in [0.5, 0.6) is 0 Å². The minimum absolute atomic E-state index is 0.178. The highest BCUT2D eigenvalue weighted by atomic mass is 79.9. The van der Waals surface area contributed by atoms with Crippen molar-refractivity contribution in [3.63, 3.8) is 0 Å². The first-order chi connectivity index (χ1) is 10.5. The zero-order chi connectivity index (χ0) is 15.7. The number of carbonyl (C=O) groups excluding carboxylic acids is 1. The van der Waals surface area contributed by atoms with E-state index in [1.807, 2.05) is 12.1 Å². The zero-order valence-electron chi connectivity index (χ0n) is 11.1. The van der Waals surface area contributed by atoms with Crippen molar-refractivity contribution in [2.75, 3.05) is 5.73 Å². The van der Waals surface area contributed by atoms with Crippen molar-refractivity contribution in [2.45, 2.75) is 0 Å². The number of aromatic nitrogens is 1. The molecule has 2 heterocycles. The Hall–Kier alpha value is -1.99. The molecule has 0 atom stereocenters. The summed E-state index contributed by atoms with van der Waals surface area (Å²) in [7, 11) is 0. The maximum absolute atomic E-state index is 12.2. The van der Waals surface area contributed by atoms with Gasteiger partial charge in [0.15, 0.2) is 11.5 Å². The van der Waals surface area contributed by atoms with Crippen molar-refractivity contribution >= 4 is 54.6 Å². The number of benzene rings is 1. The van der Waals surface area contributed by atoms with E-state index in [-0.39, 0.29) is 11.8 Å². The molecule has 0 spiro atoms. The van der Waals surface area contributed by atoms with Crippen molar-refractivity contribution in [2.24, 2.45) is 4.99 Å². The lowest BCUT2D eigenvalue weighted by atomic mass is 10.2. The van der Waals surface area contributed by atoms with E-state index in [0.717, 1.165) is 8.95 Å². The number of nitrogen functional groups attached to an aromatic ring is 1. The summed E-state index contributed by atoms with van der Waals surface area (Å²) < 4.78 is 7.06. The fraction of sp³-hybridized carbons (Fsp3) is 0. The summed E-state index contributed by atoms with van der Waals surface area (Å²) in [6, 6.07) is 8.40. The van der Waals surface area contributed by atoms with E-state index in [0.29, 0.717) is 21.9 Å². The number of pyridine rings is 1. The van der Waals surface area contributed by atoms with Crippen molar-refractivity contribution in [3.05, 3.63) is 62.6 Å². The molecule has 3 aromatic rings. The van der Waals surface area contributed by atoms with Gasteiger partial charge in [0.05, 0.1) is 9.83 Å². The first kappa shape index (κ1) is 14.9. The molecular formula is C15H9Br2N3O2. The van der Waals surface area contributed by atoms with Crippen LogP contribution in [0.25, 0.3) is 11.0 Å². The maximum atomic E-state index is 12.2. The quantitative estimate of drug-likeness (QED) is 0.648. The summed E-state index contributed by atoms with van der Waals surface area (Å²) in [5, 5.41) is 1.13. The van der Waals surface area contributed by atoms with Crippen LogP contribution in [0.1, 0.15) is 10.4 Å². The van der Waals surface area contributed by atoms with E-state index in [9.17, 15) is 4.79 Å². The van der Waals surface area contributed by atoms with Crippen LogP contribution in [0.3, 0.4) is 0 Å². The molecule has 0 fully saturated rings. The van der Waals surface area contributed by atoms with E-state index >= 15 is 0 Å². The highest BCUT2D eigenvalue weighted by molar-refractivity contribution is 9.11. The molecule has 0 aliphatic rings. The second kappa shape index (κ2) is 6.02.